The molecule has 2 rings (SSSR count). The molecular weight excluding hydrogens is 346 g/mol. The molecule has 1 unspecified atom stereocenters. The van der Waals surface area contributed by atoms with Crippen LogP contribution in [0.4, 0.5) is 8.78 Å². The molecule has 1 aliphatic rings. The van der Waals surface area contributed by atoms with Crippen molar-refractivity contribution in [2.45, 2.75) is 26.1 Å². The fourth-order valence-electron chi connectivity index (χ4n) is 2.23. The third-order valence-corrected chi connectivity index (χ3v) is 3.26. The highest BCUT2D eigenvalue weighted by Crippen LogP contribution is 2.32. The number of halogens is 3. The van der Waals surface area contributed by atoms with Gasteiger partial charge in [-0.25, -0.2) is 0 Å². The second-order valence-corrected chi connectivity index (χ2v) is 4.86. The van der Waals surface area contributed by atoms with E-state index in [2.05, 4.69) is 15.4 Å². The Balaban J connectivity index is 0.00000288. The van der Waals surface area contributed by atoms with Gasteiger partial charge in [0.15, 0.2) is 11.5 Å². The number of hydrogen-bond donors (Lipinski definition) is 2. The van der Waals surface area contributed by atoms with Gasteiger partial charge in [0.2, 0.25) is 5.91 Å². The van der Waals surface area contributed by atoms with Crippen molar-refractivity contribution < 1.29 is 27.8 Å². The Labute approximate surface area is 145 Å². The van der Waals surface area contributed by atoms with E-state index in [-0.39, 0.29) is 43.0 Å². The number of carbonyl (C=O) groups excluding carboxylic acids is 1. The third-order valence-electron chi connectivity index (χ3n) is 3.26. The number of amides is 1. The molecule has 1 heterocycles. The molecule has 0 bridgehead atoms. The number of ether oxygens (including phenoxy) is 3. The van der Waals surface area contributed by atoms with E-state index in [4.69, 9.17) is 9.47 Å². The van der Waals surface area contributed by atoms with Crippen LogP contribution in [0.5, 0.6) is 11.5 Å². The molecule has 136 valence electrons. The lowest BCUT2D eigenvalue weighted by Gasteiger charge is -2.23. The molecule has 1 aliphatic heterocycles. The second kappa shape index (κ2) is 10.3. The number of alkyl halides is 2. The molecule has 1 atom stereocenters. The second-order valence-electron chi connectivity index (χ2n) is 4.86. The van der Waals surface area contributed by atoms with E-state index in [1.807, 2.05) is 0 Å². The molecule has 1 aromatic carbocycles. The summed E-state index contributed by atoms with van der Waals surface area (Å²) >= 11 is 0. The summed E-state index contributed by atoms with van der Waals surface area (Å²) in [4.78, 5) is 12.0. The molecule has 24 heavy (non-hydrogen) atoms. The zero-order valence-electron chi connectivity index (χ0n) is 13.2. The molecule has 0 spiro atoms. The molecule has 0 saturated carbocycles. The van der Waals surface area contributed by atoms with E-state index in [0.29, 0.717) is 25.3 Å². The lowest BCUT2D eigenvalue weighted by molar-refractivity contribution is -0.126. The van der Waals surface area contributed by atoms with Gasteiger partial charge in [0.1, 0.15) is 6.04 Å². The minimum atomic E-state index is -2.97. The maximum absolute atomic E-state index is 12.6. The highest BCUT2D eigenvalue weighted by Gasteiger charge is 2.22. The van der Waals surface area contributed by atoms with Crippen molar-refractivity contribution in [1.29, 1.82) is 0 Å². The van der Waals surface area contributed by atoms with Gasteiger partial charge in [-0.1, -0.05) is 12.1 Å². The average Bonchev–Trinajstić information content (AvgIpc) is 2.55. The summed E-state index contributed by atoms with van der Waals surface area (Å²) in [5, 5.41) is 5.71. The smallest absolute Gasteiger partial charge is 0.387 e. The Kier molecular flexibility index (Phi) is 8.73. The first-order valence-electron chi connectivity index (χ1n) is 7.40. The van der Waals surface area contributed by atoms with Crippen LogP contribution in [0.2, 0.25) is 0 Å². The van der Waals surface area contributed by atoms with Crippen molar-refractivity contribution in [3.05, 3.63) is 23.8 Å². The van der Waals surface area contributed by atoms with Crippen molar-refractivity contribution >= 4 is 18.3 Å². The van der Waals surface area contributed by atoms with Crippen molar-refractivity contribution in [1.82, 2.24) is 10.6 Å². The Morgan fingerprint density at radius 2 is 2.29 bits per heavy atom. The van der Waals surface area contributed by atoms with Gasteiger partial charge in [-0.15, -0.1) is 12.4 Å². The fourth-order valence-corrected chi connectivity index (χ4v) is 2.23. The van der Waals surface area contributed by atoms with Crippen LogP contribution in [0.15, 0.2) is 18.2 Å². The zero-order valence-corrected chi connectivity index (χ0v) is 14.0. The summed E-state index contributed by atoms with van der Waals surface area (Å²) < 4.78 is 40.3. The van der Waals surface area contributed by atoms with Gasteiger partial charge in [0, 0.05) is 18.7 Å². The van der Waals surface area contributed by atoms with E-state index in [1.54, 1.807) is 25.1 Å². The van der Waals surface area contributed by atoms with Crippen molar-refractivity contribution in [3.63, 3.8) is 0 Å². The average molecular weight is 367 g/mol. The van der Waals surface area contributed by atoms with Crippen molar-refractivity contribution in [2.75, 3.05) is 26.4 Å². The molecular formula is C15H21ClF2N2O4. The third kappa shape index (κ3) is 5.77. The van der Waals surface area contributed by atoms with Crippen LogP contribution in [0.25, 0.3) is 0 Å². The Hall–Kier alpha value is -1.64. The lowest BCUT2D eigenvalue weighted by Crippen LogP contribution is -2.51. The van der Waals surface area contributed by atoms with Crippen LogP contribution in [-0.4, -0.2) is 44.9 Å². The highest BCUT2D eigenvalue weighted by atomic mass is 35.5. The predicted octanol–water partition coefficient (Wildman–Crippen LogP) is 1.71. The van der Waals surface area contributed by atoms with Crippen molar-refractivity contribution in [3.8, 4) is 11.5 Å². The SMILES string of the molecule is CCOc1cccc(CNC(=O)C2COCCN2)c1OC(F)F.Cl. The maximum atomic E-state index is 12.6. The zero-order chi connectivity index (χ0) is 16.7. The number of morpholine rings is 1. The van der Waals surface area contributed by atoms with Crippen LogP contribution >= 0.6 is 12.4 Å². The summed E-state index contributed by atoms with van der Waals surface area (Å²) in [6.07, 6.45) is 0. The first kappa shape index (κ1) is 20.4. The van der Waals surface area contributed by atoms with E-state index < -0.39 is 12.7 Å². The standard InChI is InChI=1S/C15H20F2N2O4.ClH/c1-2-22-12-5-3-4-10(13(12)23-15(16)17)8-19-14(20)11-9-21-7-6-18-11;/h3-5,11,15,18H,2,6-9H2,1H3,(H,19,20);1H. The largest absolute Gasteiger partial charge is 0.490 e. The highest BCUT2D eigenvalue weighted by molar-refractivity contribution is 5.85. The number of nitrogens with one attached hydrogen (secondary N) is 2. The van der Waals surface area contributed by atoms with Gasteiger partial charge in [-0.2, -0.15) is 8.78 Å². The van der Waals surface area contributed by atoms with E-state index in [0.717, 1.165) is 0 Å². The number of rotatable bonds is 7. The molecule has 1 fully saturated rings. The number of carbonyl (C=O) groups is 1. The van der Waals surface area contributed by atoms with E-state index >= 15 is 0 Å². The first-order valence-corrected chi connectivity index (χ1v) is 7.40. The van der Waals surface area contributed by atoms with Crippen LogP contribution in [0.1, 0.15) is 12.5 Å². The van der Waals surface area contributed by atoms with Gasteiger partial charge in [-0.05, 0) is 13.0 Å². The number of para-hydroxylation sites is 1. The Morgan fingerprint density at radius 3 is 2.92 bits per heavy atom. The van der Waals surface area contributed by atoms with E-state index in [9.17, 15) is 13.6 Å². The maximum Gasteiger partial charge on any atom is 0.387 e. The molecule has 1 aromatic rings. The molecule has 1 amide bonds. The Morgan fingerprint density at radius 1 is 1.50 bits per heavy atom. The summed E-state index contributed by atoms with van der Waals surface area (Å²) in [5.74, 6) is -0.0920. The quantitative estimate of drug-likeness (QED) is 0.769. The molecule has 0 aliphatic carbocycles. The summed E-state index contributed by atoms with van der Waals surface area (Å²) in [6.45, 7) is 0.586. The molecule has 9 heteroatoms. The van der Waals surface area contributed by atoms with Gasteiger partial charge in [-0.3, -0.25) is 4.79 Å². The normalized spacial score (nSPS) is 17.1. The molecule has 0 radical (unpaired) electrons. The van der Waals surface area contributed by atoms with Gasteiger partial charge < -0.3 is 24.8 Å². The van der Waals surface area contributed by atoms with Gasteiger partial charge >= 0.3 is 6.61 Å². The number of hydrogen-bond acceptors (Lipinski definition) is 5. The molecule has 2 N–H and O–H groups in total. The summed E-state index contributed by atoms with van der Waals surface area (Å²) in [6, 6.07) is 4.36. The van der Waals surface area contributed by atoms with Crippen LogP contribution in [-0.2, 0) is 16.1 Å². The lowest BCUT2D eigenvalue weighted by atomic mass is 10.1. The number of benzene rings is 1. The molecule has 0 aromatic heterocycles. The fraction of sp³-hybridized carbons (Fsp3) is 0.533. The van der Waals surface area contributed by atoms with Crippen LogP contribution in [0, 0.1) is 0 Å². The minimum Gasteiger partial charge on any atom is -0.490 e. The monoisotopic (exact) mass is 366 g/mol. The minimum absolute atomic E-state index is 0. The predicted molar refractivity (Wildman–Crippen MR) is 85.9 cm³/mol. The summed E-state index contributed by atoms with van der Waals surface area (Å²) in [5.41, 5.74) is 0.418. The van der Waals surface area contributed by atoms with Crippen LogP contribution in [0.3, 0.4) is 0 Å². The first-order chi connectivity index (χ1) is 11.1. The molecule has 6 nitrogen and oxygen atoms in total. The van der Waals surface area contributed by atoms with Crippen molar-refractivity contribution in [2.24, 2.45) is 0 Å². The summed E-state index contributed by atoms with van der Waals surface area (Å²) in [7, 11) is 0. The van der Waals surface area contributed by atoms with Crippen LogP contribution < -0.4 is 20.1 Å². The van der Waals surface area contributed by atoms with E-state index in [1.165, 1.54) is 0 Å². The Bertz CT molecular complexity index is 528. The van der Waals surface area contributed by atoms with Gasteiger partial charge in [0.25, 0.3) is 0 Å². The topological polar surface area (TPSA) is 68.8 Å². The van der Waals surface area contributed by atoms with Gasteiger partial charge in [0.05, 0.1) is 19.8 Å². The molecule has 1 saturated heterocycles.